The number of benzene rings is 1. The molecule has 1 aromatic rings. The van der Waals surface area contributed by atoms with Crippen molar-refractivity contribution < 1.29 is 17.9 Å². The van der Waals surface area contributed by atoms with Gasteiger partial charge in [-0.05, 0) is 13.0 Å². The Balaban J connectivity index is 2.37. The van der Waals surface area contributed by atoms with Gasteiger partial charge in [-0.25, -0.2) is 8.42 Å². The molecule has 0 fully saturated rings. The fraction of sp³-hybridized carbons (Fsp3) is 0.273. The molecule has 106 valence electrons. The molecule has 1 amide bonds. The topological polar surface area (TPSA) is 134 Å². The van der Waals surface area contributed by atoms with Crippen molar-refractivity contribution in [2.24, 2.45) is 0 Å². The highest BCUT2D eigenvalue weighted by Crippen LogP contribution is 2.35. The van der Waals surface area contributed by atoms with Crippen LogP contribution in [-0.4, -0.2) is 26.2 Å². The van der Waals surface area contributed by atoms with Gasteiger partial charge in [-0.1, -0.05) is 0 Å². The smallest absolute Gasteiger partial charge is 0.262 e. The molecule has 1 aliphatic rings. The van der Waals surface area contributed by atoms with E-state index in [-0.39, 0.29) is 23.9 Å². The van der Waals surface area contributed by atoms with Crippen LogP contribution in [-0.2, 0) is 14.8 Å². The van der Waals surface area contributed by atoms with Gasteiger partial charge in [0, 0.05) is 6.07 Å². The molecule has 2 rings (SSSR count). The van der Waals surface area contributed by atoms with E-state index >= 15 is 0 Å². The lowest BCUT2D eigenvalue weighted by molar-refractivity contribution is -0.118. The van der Waals surface area contributed by atoms with E-state index in [1.165, 1.54) is 19.1 Å². The van der Waals surface area contributed by atoms with Gasteiger partial charge in [0.05, 0.1) is 23.1 Å². The van der Waals surface area contributed by atoms with Crippen molar-refractivity contribution in [2.45, 2.75) is 12.2 Å². The fourth-order valence-electron chi connectivity index (χ4n) is 1.54. The predicted molar refractivity (Wildman–Crippen MR) is 72.6 cm³/mol. The molecule has 4 N–H and O–H groups in total. The molecule has 0 bridgehead atoms. The van der Waals surface area contributed by atoms with Crippen molar-refractivity contribution >= 4 is 33.0 Å². The van der Waals surface area contributed by atoms with E-state index in [1.54, 1.807) is 6.07 Å². The largest absolute Gasteiger partial charge is 0.482 e. The summed E-state index contributed by atoms with van der Waals surface area (Å²) in [5.74, 6) is 0.0138. The molecule has 0 saturated heterocycles. The summed E-state index contributed by atoms with van der Waals surface area (Å²) in [6, 6.07) is 4.39. The number of fused-ring (bicyclic) bond motifs is 1. The predicted octanol–water partition coefficient (Wildman–Crippen LogP) is 0.253. The first-order valence-corrected chi connectivity index (χ1v) is 7.15. The third kappa shape index (κ3) is 2.60. The van der Waals surface area contributed by atoms with E-state index in [1.807, 2.05) is 0 Å². The third-order valence-corrected chi connectivity index (χ3v) is 4.22. The van der Waals surface area contributed by atoms with E-state index in [2.05, 4.69) is 10.0 Å². The van der Waals surface area contributed by atoms with Gasteiger partial charge in [0.25, 0.3) is 5.91 Å². The molecule has 0 saturated carbocycles. The zero-order chi connectivity index (χ0) is 14.9. The lowest BCUT2D eigenvalue weighted by Crippen LogP contribution is -2.27. The molecule has 0 aromatic heterocycles. The standard InChI is InChI=1S/C11H12N4O4S/c1-6(4-12)20(17,18)15-8-3-9-10(2-7(8)13)19-5-11(16)14-9/h2-3,6,15H,5,13H2,1H3,(H,14,16). The number of carbonyl (C=O) groups excluding carboxylic acids is 1. The van der Waals surface area contributed by atoms with Gasteiger partial charge in [0.15, 0.2) is 11.9 Å². The lowest BCUT2D eigenvalue weighted by Gasteiger charge is -2.20. The van der Waals surface area contributed by atoms with Crippen LogP contribution in [0.2, 0.25) is 0 Å². The minimum absolute atomic E-state index is 0.0802. The summed E-state index contributed by atoms with van der Waals surface area (Å²) >= 11 is 0. The van der Waals surface area contributed by atoms with Crippen LogP contribution in [0.1, 0.15) is 6.92 Å². The van der Waals surface area contributed by atoms with Crippen molar-refractivity contribution in [1.82, 2.24) is 0 Å². The number of hydrogen-bond acceptors (Lipinski definition) is 6. The Morgan fingerprint density at radius 1 is 1.55 bits per heavy atom. The Morgan fingerprint density at radius 2 is 2.25 bits per heavy atom. The zero-order valence-corrected chi connectivity index (χ0v) is 11.3. The maximum atomic E-state index is 11.8. The third-order valence-electron chi connectivity index (χ3n) is 2.68. The van der Waals surface area contributed by atoms with Crippen molar-refractivity contribution in [3.63, 3.8) is 0 Å². The van der Waals surface area contributed by atoms with Crippen LogP contribution >= 0.6 is 0 Å². The lowest BCUT2D eigenvalue weighted by atomic mass is 10.2. The average Bonchev–Trinajstić information content (AvgIpc) is 2.38. The number of amides is 1. The maximum Gasteiger partial charge on any atom is 0.262 e. The number of sulfonamides is 1. The molecular formula is C11H12N4O4S. The molecule has 8 nitrogen and oxygen atoms in total. The van der Waals surface area contributed by atoms with Crippen LogP contribution in [0, 0.1) is 11.3 Å². The normalized spacial score (nSPS) is 15.3. The molecule has 0 radical (unpaired) electrons. The number of nitrogens with one attached hydrogen (secondary N) is 2. The average molecular weight is 296 g/mol. The summed E-state index contributed by atoms with van der Waals surface area (Å²) in [6.07, 6.45) is 0. The van der Waals surface area contributed by atoms with E-state index in [0.717, 1.165) is 0 Å². The summed E-state index contributed by atoms with van der Waals surface area (Å²) in [5.41, 5.74) is 6.26. The van der Waals surface area contributed by atoms with Gasteiger partial charge in [-0.2, -0.15) is 5.26 Å². The molecule has 20 heavy (non-hydrogen) atoms. The number of nitrogens with zero attached hydrogens (tertiary/aromatic N) is 1. The molecule has 1 heterocycles. The van der Waals surface area contributed by atoms with E-state index < -0.39 is 15.3 Å². The molecule has 1 unspecified atom stereocenters. The first-order valence-electron chi connectivity index (χ1n) is 5.61. The highest BCUT2D eigenvalue weighted by molar-refractivity contribution is 7.93. The van der Waals surface area contributed by atoms with Crippen molar-refractivity contribution in [3.8, 4) is 11.8 Å². The van der Waals surface area contributed by atoms with Crippen LogP contribution in [0.4, 0.5) is 17.1 Å². The SMILES string of the molecule is CC(C#N)S(=O)(=O)Nc1cc2c(cc1N)OCC(=O)N2. The van der Waals surface area contributed by atoms with Crippen LogP contribution in [0.5, 0.6) is 5.75 Å². The second-order valence-electron chi connectivity index (χ2n) is 4.19. The molecule has 0 aliphatic carbocycles. The van der Waals surface area contributed by atoms with Gasteiger partial charge in [-0.3, -0.25) is 9.52 Å². The minimum atomic E-state index is -3.87. The molecule has 0 spiro atoms. The quantitative estimate of drug-likeness (QED) is 0.684. The van der Waals surface area contributed by atoms with E-state index in [0.29, 0.717) is 11.4 Å². The highest BCUT2D eigenvalue weighted by atomic mass is 32.2. The zero-order valence-electron chi connectivity index (χ0n) is 10.5. The summed E-state index contributed by atoms with van der Waals surface area (Å²) in [7, 11) is -3.87. The monoisotopic (exact) mass is 296 g/mol. The first-order chi connectivity index (χ1) is 9.33. The Kier molecular flexibility index (Phi) is 3.42. The Labute approximate surface area is 115 Å². The molecule has 1 aromatic carbocycles. The number of carbonyl (C=O) groups is 1. The van der Waals surface area contributed by atoms with Crippen LogP contribution in [0.3, 0.4) is 0 Å². The van der Waals surface area contributed by atoms with Crippen molar-refractivity contribution in [3.05, 3.63) is 12.1 Å². The van der Waals surface area contributed by atoms with E-state index in [4.69, 9.17) is 15.7 Å². The summed E-state index contributed by atoms with van der Waals surface area (Å²) in [6.45, 7) is 1.13. The van der Waals surface area contributed by atoms with Crippen molar-refractivity contribution in [1.29, 1.82) is 5.26 Å². The second kappa shape index (κ2) is 4.90. The van der Waals surface area contributed by atoms with Gasteiger partial charge in [-0.15, -0.1) is 0 Å². The Bertz CT molecular complexity index is 708. The van der Waals surface area contributed by atoms with Gasteiger partial charge >= 0.3 is 0 Å². The van der Waals surface area contributed by atoms with Crippen molar-refractivity contribution in [2.75, 3.05) is 22.4 Å². The molecule has 1 aliphatic heterocycles. The first kappa shape index (κ1) is 14.0. The fourth-order valence-corrected chi connectivity index (χ4v) is 2.34. The number of nitriles is 1. The minimum Gasteiger partial charge on any atom is -0.482 e. The van der Waals surface area contributed by atoms with Gasteiger partial charge < -0.3 is 15.8 Å². The van der Waals surface area contributed by atoms with Gasteiger partial charge in [0.1, 0.15) is 5.75 Å². The maximum absolute atomic E-state index is 11.8. The summed E-state index contributed by atoms with van der Waals surface area (Å²) in [4.78, 5) is 11.2. The van der Waals surface area contributed by atoms with Crippen LogP contribution in [0.15, 0.2) is 12.1 Å². The number of rotatable bonds is 3. The molecular weight excluding hydrogens is 284 g/mol. The Morgan fingerprint density at radius 3 is 2.90 bits per heavy atom. The number of nitrogens with two attached hydrogens (primary N) is 1. The number of ether oxygens (including phenoxy) is 1. The summed E-state index contributed by atoms with van der Waals surface area (Å²) < 4.78 is 31.0. The number of nitrogen functional groups attached to an aromatic ring is 1. The highest BCUT2D eigenvalue weighted by Gasteiger charge is 2.23. The molecule has 1 atom stereocenters. The van der Waals surface area contributed by atoms with Crippen LogP contribution in [0.25, 0.3) is 0 Å². The van der Waals surface area contributed by atoms with E-state index in [9.17, 15) is 13.2 Å². The van der Waals surface area contributed by atoms with Crippen LogP contribution < -0.4 is 20.5 Å². The number of hydrogen-bond donors (Lipinski definition) is 3. The number of anilines is 3. The molecule has 9 heteroatoms. The Hall–Kier alpha value is -2.47. The second-order valence-corrected chi connectivity index (χ2v) is 6.19. The van der Waals surface area contributed by atoms with Gasteiger partial charge in [0.2, 0.25) is 10.0 Å². The summed E-state index contributed by atoms with van der Waals surface area (Å²) in [5, 5.41) is 9.97.